The van der Waals surface area contributed by atoms with Gasteiger partial charge in [-0.15, -0.1) is 0 Å². The number of aromatic nitrogens is 4. The van der Waals surface area contributed by atoms with Crippen LogP contribution >= 0.6 is 11.6 Å². The Hall–Kier alpha value is -1.44. The third-order valence-corrected chi connectivity index (χ3v) is 4.25. The van der Waals surface area contributed by atoms with Crippen molar-refractivity contribution in [3.63, 3.8) is 0 Å². The fourth-order valence-electron chi connectivity index (χ4n) is 2.02. The lowest BCUT2D eigenvalue weighted by Crippen LogP contribution is -2.41. The van der Waals surface area contributed by atoms with E-state index in [1.54, 1.807) is 23.3 Å². The van der Waals surface area contributed by atoms with Crippen molar-refractivity contribution in [2.45, 2.75) is 38.9 Å². The Morgan fingerprint density at radius 3 is 2.33 bits per heavy atom. The van der Waals surface area contributed by atoms with Gasteiger partial charge in [0, 0.05) is 30.3 Å². The molecule has 110 valence electrons. The van der Waals surface area contributed by atoms with Crippen LogP contribution in [0.4, 0.5) is 0 Å². The second kappa shape index (κ2) is 4.79. The lowest BCUT2D eigenvalue weighted by molar-refractivity contribution is 0.00578. The van der Waals surface area contributed by atoms with E-state index in [4.69, 9.17) is 20.9 Å². The van der Waals surface area contributed by atoms with Gasteiger partial charge in [0.15, 0.2) is 11.0 Å². The molecule has 8 heteroatoms. The normalized spacial score (nSPS) is 20.0. The van der Waals surface area contributed by atoms with Crippen LogP contribution < -0.4 is 5.46 Å². The highest BCUT2D eigenvalue weighted by Crippen LogP contribution is 2.36. The van der Waals surface area contributed by atoms with Gasteiger partial charge in [-0.1, -0.05) is 11.6 Å². The molecule has 3 heterocycles. The van der Waals surface area contributed by atoms with E-state index >= 15 is 0 Å². The van der Waals surface area contributed by atoms with Crippen molar-refractivity contribution >= 4 is 24.2 Å². The monoisotopic (exact) mass is 306 g/mol. The highest BCUT2D eigenvalue weighted by molar-refractivity contribution is 6.62. The first-order valence-electron chi connectivity index (χ1n) is 6.67. The van der Waals surface area contributed by atoms with Crippen molar-refractivity contribution in [2.24, 2.45) is 0 Å². The molecule has 0 saturated carbocycles. The number of hydrogen-bond acceptors (Lipinski definition) is 5. The van der Waals surface area contributed by atoms with E-state index < -0.39 is 7.12 Å². The fourth-order valence-corrected chi connectivity index (χ4v) is 2.21. The van der Waals surface area contributed by atoms with E-state index in [2.05, 4.69) is 15.1 Å². The standard InChI is InChI=1S/C13H16BClN4O2/c1-12(2)13(3,4)21-14(20-12)9-7-18-19(8-9)11-10(15)16-5-6-17-11/h5-8H,1-4H3. The number of nitrogens with zero attached hydrogens (tertiary/aromatic N) is 4. The van der Waals surface area contributed by atoms with E-state index in [1.807, 2.05) is 27.7 Å². The van der Waals surface area contributed by atoms with Gasteiger partial charge >= 0.3 is 7.12 Å². The first-order chi connectivity index (χ1) is 9.80. The number of hydrogen-bond donors (Lipinski definition) is 0. The molecule has 0 atom stereocenters. The molecule has 0 spiro atoms. The summed E-state index contributed by atoms with van der Waals surface area (Å²) in [6, 6.07) is 0. The second-order valence-corrected chi connectivity index (χ2v) is 6.34. The molecule has 21 heavy (non-hydrogen) atoms. The van der Waals surface area contributed by atoms with Crippen molar-refractivity contribution in [3.8, 4) is 5.82 Å². The SMILES string of the molecule is CC1(C)OB(c2cnn(-c3nccnc3Cl)c2)OC1(C)C. The van der Waals surface area contributed by atoms with Crippen LogP contribution in [0, 0.1) is 0 Å². The molecule has 1 aliphatic heterocycles. The van der Waals surface area contributed by atoms with Gasteiger partial charge in [-0.25, -0.2) is 14.6 Å². The quantitative estimate of drug-likeness (QED) is 0.789. The van der Waals surface area contributed by atoms with Crippen LogP contribution in [-0.4, -0.2) is 38.1 Å². The predicted molar refractivity (Wildman–Crippen MR) is 79.9 cm³/mol. The minimum atomic E-state index is -0.459. The van der Waals surface area contributed by atoms with E-state index in [0.29, 0.717) is 11.0 Å². The van der Waals surface area contributed by atoms with E-state index in [9.17, 15) is 0 Å². The third-order valence-electron chi connectivity index (χ3n) is 3.98. The molecule has 0 aromatic carbocycles. The third kappa shape index (κ3) is 2.45. The minimum Gasteiger partial charge on any atom is -0.399 e. The van der Waals surface area contributed by atoms with Gasteiger partial charge in [0.05, 0.1) is 11.2 Å². The van der Waals surface area contributed by atoms with Gasteiger partial charge in [0.2, 0.25) is 0 Å². The van der Waals surface area contributed by atoms with Crippen molar-refractivity contribution in [2.75, 3.05) is 0 Å². The van der Waals surface area contributed by atoms with Gasteiger partial charge < -0.3 is 9.31 Å². The van der Waals surface area contributed by atoms with Crippen LogP contribution in [0.2, 0.25) is 5.15 Å². The molecular formula is C13H16BClN4O2. The summed E-state index contributed by atoms with van der Waals surface area (Å²) in [7, 11) is -0.459. The molecule has 2 aromatic heterocycles. The summed E-state index contributed by atoms with van der Waals surface area (Å²) >= 11 is 6.02. The summed E-state index contributed by atoms with van der Waals surface area (Å²) in [5, 5.41) is 4.55. The molecule has 0 aliphatic carbocycles. The molecule has 0 bridgehead atoms. The Labute approximate surface area is 128 Å². The summed E-state index contributed by atoms with van der Waals surface area (Å²) < 4.78 is 13.5. The maximum absolute atomic E-state index is 6.02. The highest BCUT2D eigenvalue weighted by atomic mass is 35.5. The van der Waals surface area contributed by atoms with Crippen LogP contribution in [0.15, 0.2) is 24.8 Å². The highest BCUT2D eigenvalue weighted by Gasteiger charge is 2.52. The summed E-state index contributed by atoms with van der Waals surface area (Å²) in [5.74, 6) is 0.474. The van der Waals surface area contributed by atoms with Gasteiger partial charge in [0.1, 0.15) is 0 Å². The zero-order valence-corrected chi connectivity index (χ0v) is 13.1. The maximum Gasteiger partial charge on any atom is 0.498 e. The van der Waals surface area contributed by atoms with Crippen LogP contribution in [0.25, 0.3) is 5.82 Å². The van der Waals surface area contributed by atoms with E-state index in [-0.39, 0.29) is 11.2 Å². The molecule has 1 aliphatic rings. The number of rotatable bonds is 2. The second-order valence-electron chi connectivity index (χ2n) is 5.98. The van der Waals surface area contributed by atoms with Crippen molar-refractivity contribution in [1.29, 1.82) is 0 Å². The Kier molecular flexibility index (Phi) is 3.31. The summed E-state index contributed by atoms with van der Waals surface area (Å²) in [6.45, 7) is 8.04. The molecule has 6 nitrogen and oxygen atoms in total. The smallest absolute Gasteiger partial charge is 0.399 e. The topological polar surface area (TPSA) is 62.1 Å². The molecule has 0 N–H and O–H groups in total. The Bertz CT molecular complexity index is 658. The van der Waals surface area contributed by atoms with Gasteiger partial charge in [-0.05, 0) is 27.7 Å². The fraction of sp³-hybridized carbons (Fsp3) is 0.462. The molecule has 0 unspecified atom stereocenters. The van der Waals surface area contributed by atoms with Crippen LogP contribution in [0.3, 0.4) is 0 Å². The largest absolute Gasteiger partial charge is 0.498 e. The molecule has 1 saturated heterocycles. The van der Waals surface area contributed by atoms with E-state index in [0.717, 1.165) is 5.46 Å². The zero-order valence-electron chi connectivity index (χ0n) is 12.4. The van der Waals surface area contributed by atoms with Crippen molar-refractivity contribution in [1.82, 2.24) is 19.7 Å². The average Bonchev–Trinajstić information content (AvgIpc) is 2.94. The van der Waals surface area contributed by atoms with Crippen molar-refractivity contribution in [3.05, 3.63) is 29.9 Å². The first-order valence-corrected chi connectivity index (χ1v) is 7.05. The van der Waals surface area contributed by atoms with Crippen LogP contribution in [0.1, 0.15) is 27.7 Å². The van der Waals surface area contributed by atoms with Crippen molar-refractivity contribution < 1.29 is 9.31 Å². The minimum absolute atomic E-state index is 0.293. The molecule has 1 fully saturated rings. The summed E-state index contributed by atoms with van der Waals surface area (Å²) in [5.41, 5.74) is 0.0452. The molecule has 3 rings (SSSR count). The zero-order chi connectivity index (χ0) is 15.3. The summed E-state index contributed by atoms with van der Waals surface area (Å²) in [6.07, 6.45) is 6.58. The number of halogens is 1. The molecule has 0 amide bonds. The van der Waals surface area contributed by atoms with Crippen LogP contribution in [0.5, 0.6) is 0 Å². The van der Waals surface area contributed by atoms with E-state index in [1.165, 1.54) is 6.20 Å². The lowest BCUT2D eigenvalue weighted by atomic mass is 9.82. The van der Waals surface area contributed by atoms with Gasteiger partial charge in [0.25, 0.3) is 0 Å². The predicted octanol–water partition coefficient (Wildman–Crippen LogP) is 1.61. The molecule has 0 radical (unpaired) electrons. The Balaban J connectivity index is 1.89. The lowest BCUT2D eigenvalue weighted by Gasteiger charge is -2.32. The maximum atomic E-state index is 6.02. The average molecular weight is 307 g/mol. The van der Waals surface area contributed by atoms with Gasteiger partial charge in [-0.2, -0.15) is 5.10 Å². The van der Waals surface area contributed by atoms with Crippen LogP contribution in [-0.2, 0) is 9.31 Å². The van der Waals surface area contributed by atoms with Gasteiger partial charge in [-0.3, -0.25) is 0 Å². The first kappa shape index (κ1) is 14.5. The Morgan fingerprint density at radius 2 is 1.71 bits per heavy atom. The molecular weight excluding hydrogens is 290 g/mol. The Morgan fingerprint density at radius 1 is 1.10 bits per heavy atom. The summed E-state index contributed by atoms with van der Waals surface area (Å²) in [4.78, 5) is 8.16. The molecule has 2 aromatic rings.